The summed E-state index contributed by atoms with van der Waals surface area (Å²) in [4.78, 5) is 47.4. The van der Waals surface area contributed by atoms with E-state index in [1.54, 1.807) is 0 Å². The number of hydrogen-bond donors (Lipinski definition) is 5. The zero-order valence-electron chi connectivity index (χ0n) is 27.3. The maximum Gasteiger partial charge on any atom is 0.333 e. The van der Waals surface area contributed by atoms with Crippen molar-refractivity contribution in [1.29, 1.82) is 0 Å². The van der Waals surface area contributed by atoms with Gasteiger partial charge in [0, 0.05) is 22.3 Å². The van der Waals surface area contributed by atoms with Gasteiger partial charge in [-0.05, 0) is 27.7 Å². The van der Waals surface area contributed by atoms with Crippen LogP contribution < -0.4 is 0 Å². The monoisotopic (exact) mass is 676 g/mol. The van der Waals surface area contributed by atoms with Gasteiger partial charge in [-0.25, -0.2) is 19.2 Å². The molecule has 0 bridgehead atoms. The second-order valence-corrected chi connectivity index (χ2v) is 10.7. The number of hydrogen-bond acceptors (Lipinski definition) is 16. The Bertz CT molecular complexity index is 1090. The third-order valence-electron chi connectivity index (χ3n) is 5.72. The topological polar surface area (TPSA) is 234 Å². The van der Waals surface area contributed by atoms with Crippen LogP contribution in [0.3, 0.4) is 0 Å². The van der Waals surface area contributed by atoms with Gasteiger partial charge in [0.15, 0.2) is 6.10 Å². The van der Waals surface area contributed by atoms with Crippen LogP contribution in [0.4, 0.5) is 0 Å². The third kappa shape index (κ3) is 18.4. The molecule has 0 aliphatic heterocycles. The molecule has 47 heavy (non-hydrogen) atoms. The molecule has 16 nitrogen and oxygen atoms in total. The Morgan fingerprint density at radius 2 is 0.894 bits per heavy atom. The van der Waals surface area contributed by atoms with Crippen molar-refractivity contribution in [2.75, 3.05) is 52.9 Å². The van der Waals surface area contributed by atoms with Gasteiger partial charge in [0.2, 0.25) is 0 Å². The predicted molar refractivity (Wildman–Crippen MR) is 163 cm³/mol. The third-order valence-corrected chi connectivity index (χ3v) is 5.72. The molecule has 0 aliphatic rings. The molecule has 0 aromatic rings. The Morgan fingerprint density at radius 3 is 1.26 bits per heavy atom. The molecule has 268 valence electrons. The maximum atomic E-state index is 12.5. The van der Waals surface area contributed by atoms with E-state index >= 15 is 0 Å². The van der Waals surface area contributed by atoms with Crippen molar-refractivity contribution in [2.24, 2.45) is 0 Å². The molecule has 7 atom stereocenters. The fourth-order valence-electron chi connectivity index (χ4n) is 3.12. The molecule has 0 amide bonds. The van der Waals surface area contributed by atoms with E-state index in [1.165, 1.54) is 27.7 Å². The second kappa shape index (κ2) is 22.9. The highest BCUT2D eigenvalue weighted by Gasteiger charge is 2.39. The van der Waals surface area contributed by atoms with Gasteiger partial charge >= 0.3 is 23.9 Å². The fraction of sp³-hybridized carbons (Fsp3) is 0.613. The summed E-state index contributed by atoms with van der Waals surface area (Å²) >= 11 is 0. The van der Waals surface area contributed by atoms with Crippen LogP contribution in [0, 0.1) is 0 Å². The summed E-state index contributed by atoms with van der Waals surface area (Å²) in [7, 11) is 0. The van der Waals surface area contributed by atoms with Crippen molar-refractivity contribution in [2.45, 2.75) is 70.4 Å². The van der Waals surface area contributed by atoms with Crippen molar-refractivity contribution < 1.29 is 77.9 Å². The average molecular weight is 677 g/mol. The summed E-state index contributed by atoms with van der Waals surface area (Å²) in [5.74, 6) is -3.26. The lowest BCUT2D eigenvalue weighted by Gasteiger charge is -2.34. The molecular formula is C31H48O16. The van der Waals surface area contributed by atoms with Crippen LogP contribution in [-0.4, -0.2) is 145 Å². The minimum Gasteiger partial charge on any atom is -0.460 e. The maximum absolute atomic E-state index is 12.5. The highest BCUT2D eigenvalue weighted by Crippen LogP contribution is 2.18. The summed E-state index contributed by atoms with van der Waals surface area (Å²) in [6.45, 7) is 14.9. The van der Waals surface area contributed by atoms with E-state index in [0.29, 0.717) is 0 Å². The van der Waals surface area contributed by atoms with Crippen molar-refractivity contribution >= 4 is 23.9 Å². The van der Waals surface area contributed by atoms with Crippen molar-refractivity contribution in [3.8, 4) is 0 Å². The van der Waals surface area contributed by atoms with E-state index in [2.05, 4.69) is 26.3 Å². The molecule has 0 spiro atoms. The SMILES string of the molecule is C=C(C)C(=O)OCC(O)COCC(OCC(O)COC(=O)C(=C)C)C(O)C(OC(=O)C(=C)C)C(CO)OCC(O)COC(=O)C(=C)C. The van der Waals surface area contributed by atoms with Gasteiger partial charge in [-0.2, -0.15) is 0 Å². The van der Waals surface area contributed by atoms with Crippen LogP contribution in [0.5, 0.6) is 0 Å². The second-order valence-electron chi connectivity index (χ2n) is 10.7. The van der Waals surface area contributed by atoms with Crippen molar-refractivity contribution in [3.63, 3.8) is 0 Å². The highest BCUT2D eigenvalue weighted by molar-refractivity contribution is 5.88. The minimum absolute atomic E-state index is 0.0819. The number of ether oxygens (including phenoxy) is 7. The van der Waals surface area contributed by atoms with Crippen molar-refractivity contribution in [3.05, 3.63) is 48.6 Å². The predicted octanol–water partition coefficient (Wildman–Crippen LogP) is -0.945. The van der Waals surface area contributed by atoms with Gasteiger partial charge in [0.1, 0.15) is 56.4 Å². The lowest BCUT2D eigenvalue weighted by molar-refractivity contribution is -0.195. The molecule has 0 heterocycles. The van der Waals surface area contributed by atoms with Gasteiger partial charge in [-0.15, -0.1) is 0 Å². The number of carbonyl (C=O) groups is 4. The molecule has 0 saturated carbocycles. The highest BCUT2D eigenvalue weighted by atomic mass is 16.6. The summed E-state index contributed by atoms with van der Waals surface area (Å²) < 4.78 is 36.5. The molecule has 7 unspecified atom stereocenters. The van der Waals surface area contributed by atoms with Gasteiger partial charge in [-0.3, -0.25) is 0 Å². The largest absolute Gasteiger partial charge is 0.460 e. The van der Waals surface area contributed by atoms with Gasteiger partial charge in [0.25, 0.3) is 0 Å². The van der Waals surface area contributed by atoms with Crippen LogP contribution >= 0.6 is 0 Å². The Balaban J connectivity index is 5.89. The van der Waals surface area contributed by atoms with Crippen molar-refractivity contribution in [1.82, 2.24) is 0 Å². The van der Waals surface area contributed by atoms with Crippen LogP contribution in [0.2, 0.25) is 0 Å². The Hall–Kier alpha value is -3.48. The molecule has 0 aromatic carbocycles. The summed E-state index contributed by atoms with van der Waals surface area (Å²) in [5.41, 5.74) is 0.206. The Kier molecular flexibility index (Phi) is 21.2. The molecule has 0 rings (SSSR count). The van der Waals surface area contributed by atoms with E-state index in [-0.39, 0.29) is 22.3 Å². The first-order valence-corrected chi connectivity index (χ1v) is 14.4. The van der Waals surface area contributed by atoms with E-state index in [1.807, 2.05) is 0 Å². The lowest BCUT2D eigenvalue weighted by Crippen LogP contribution is -2.52. The first-order valence-electron chi connectivity index (χ1n) is 14.4. The van der Waals surface area contributed by atoms with Gasteiger partial charge in [0.05, 0.1) is 33.0 Å². The summed E-state index contributed by atoms with van der Waals surface area (Å²) in [6, 6.07) is 0. The van der Waals surface area contributed by atoms with Crippen LogP contribution in [0.25, 0.3) is 0 Å². The summed E-state index contributed by atoms with van der Waals surface area (Å²) in [6.07, 6.45) is -10.6. The van der Waals surface area contributed by atoms with Crippen LogP contribution in [0.15, 0.2) is 48.6 Å². The number of aliphatic hydroxyl groups is 5. The zero-order valence-corrected chi connectivity index (χ0v) is 27.3. The van der Waals surface area contributed by atoms with Gasteiger partial charge < -0.3 is 58.7 Å². The zero-order chi connectivity index (χ0) is 36.3. The smallest absolute Gasteiger partial charge is 0.333 e. The Labute approximate surface area is 273 Å². The normalized spacial score (nSPS) is 15.5. The number of aliphatic hydroxyl groups excluding tert-OH is 5. The standard InChI is InChI=1S/C31H48O16/c1-17(2)28(37)44-13-21(33)10-41-16-25(43-12-23(35)15-46-30(39)19(5)6)26(36)27(47-31(40)20(7)8)24(9-32)42-11-22(34)14-45-29(38)18(3)4/h21-27,32-36H,1,3,5,7,9-16H2,2,4,6,8H3. The van der Waals surface area contributed by atoms with Gasteiger partial charge in [-0.1, -0.05) is 26.3 Å². The first-order chi connectivity index (χ1) is 21.9. The molecule has 5 N–H and O–H groups in total. The molecule has 0 aromatic heterocycles. The van der Waals surface area contributed by atoms with E-state index < -0.39 is 119 Å². The number of esters is 4. The molecule has 0 saturated heterocycles. The molecule has 16 heteroatoms. The lowest BCUT2D eigenvalue weighted by atomic mass is 10.0. The average Bonchev–Trinajstić information content (AvgIpc) is 3.01. The van der Waals surface area contributed by atoms with E-state index in [0.717, 1.165) is 0 Å². The first kappa shape index (κ1) is 43.5. The quantitative estimate of drug-likeness (QED) is 0.0446. The molecule has 0 aliphatic carbocycles. The van der Waals surface area contributed by atoms with Crippen LogP contribution in [-0.2, 0) is 52.3 Å². The molecular weight excluding hydrogens is 628 g/mol. The Morgan fingerprint density at radius 1 is 0.532 bits per heavy atom. The number of carbonyl (C=O) groups excluding carboxylic acids is 4. The number of rotatable bonds is 25. The van der Waals surface area contributed by atoms with E-state index in [4.69, 9.17) is 33.2 Å². The fourth-order valence-corrected chi connectivity index (χ4v) is 3.12. The summed E-state index contributed by atoms with van der Waals surface area (Å²) in [5, 5.41) is 52.1. The minimum atomic E-state index is -1.86. The molecule has 0 fully saturated rings. The molecule has 0 radical (unpaired) electrons. The van der Waals surface area contributed by atoms with E-state index in [9.17, 15) is 44.7 Å². The van der Waals surface area contributed by atoms with Crippen LogP contribution in [0.1, 0.15) is 27.7 Å².